The summed E-state index contributed by atoms with van der Waals surface area (Å²) in [5.41, 5.74) is 2.35. The van der Waals surface area contributed by atoms with Crippen LogP contribution in [0.15, 0.2) is 24.3 Å². The van der Waals surface area contributed by atoms with Gasteiger partial charge in [-0.05, 0) is 62.0 Å². The zero-order chi connectivity index (χ0) is 14.1. The van der Waals surface area contributed by atoms with E-state index < -0.39 is 0 Å². The second kappa shape index (κ2) is 5.59. The molecule has 2 fully saturated rings. The molecule has 0 radical (unpaired) electrons. The average molecular weight is 271 g/mol. The fraction of sp³-hybridized carbons (Fsp3) is 0.611. The lowest BCUT2D eigenvalue weighted by Gasteiger charge is -2.28. The fourth-order valence-corrected chi connectivity index (χ4v) is 4.30. The van der Waals surface area contributed by atoms with Gasteiger partial charge in [0.2, 0.25) is 5.91 Å². The van der Waals surface area contributed by atoms with E-state index in [0.29, 0.717) is 12.5 Å². The third-order valence-corrected chi connectivity index (χ3v) is 5.44. The smallest absolute Gasteiger partial charge is 0.224 e. The zero-order valence-corrected chi connectivity index (χ0v) is 12.6. The summed E-state index contributed by atoms with van der Waals surface area (Å²) < 4.78 is 0. The Hall–Kier alpha value is -1.31. The lowest BCUT2D eigenvalue weighted by molar-refractivity contribution is -0.121. The Morgan fingerprint density at radius 2 is 2.10 bits per heavy atom. The molecule has 2 saturated carbocycles. The molecule has 0 heterocycles. The van der Waals surface area contributed by atoms with Crippen LogP contribution in [-0.4, -0.2) is 11.9 Å². The van der Waals surface area contributed by atoms with Crippen molar-refractivity contribution < 1.29 is 4.79 Å². The molecule has 2 heteroatoms. The minimum atomic E-state index is 0.176. The first-order valence-electron chi connectivity index (χ1n) is 7.97. The molecule has 1 aromatic rings. The molecule has 1 aromatic carbocycles. The lowest BCUT2D eigenvalue weighted by Crippen LogP contribution is -2.40. The molecule has 1 amide bonds. The van der Waals surface area contributed by atoms with Gasteiger partial charge < -0.3 is 5.32 Å². The van der Waals surface area contributed by atoms with Crippen LogP contribution in [-0.2, 0) is 11.2 Å². The summed E-state index contributed by atoms with van der Waals surface area (Å²) in [7, 11) is 0. The van der Waals surface area contributed by atoms with Crippen LogP contribution in [0.2, 0.25) is 0 Å². The molecule has 0 saturated heterocycles. The van der Waals surface area contributed by atoms with Crippen LogP contribution in [0.4, 0.5) is 0 Å². The van der Waals surface area contributed by atoms with Crippen LogP contribution in [0.3, 0.4) is 0 Å². The molecule has 20 heavy (non-hydrogen) atoms. The van der Waals surface area contributed by atoms with Gasteiger partial charge in [0, 0.05) is 6.04 Å². The molecule has 0 aromatic heterocycles. The first kappa shape index (κ1) is 13.7. The van der Waals surface area contributed by atoms with Gasteiger partial charge in [0.25, 0.3) is 0 Å². The van der Waals surface area contributed by atoms with Gasteiger partial charge in [0.05, 0.1) is 6.42 Å². The largest absolute Gasteiger partial charge is 0.353 e. The van der Waals surface area contributed by atoms with Crippen LogP contribution >= 0.6 is 0 Å². The van der Waals surface area contributed by atoms with E-state index in [1.165, 1.54) is 31.2 Å². The molecule has 4 unspecified atom stereocenters. The van der Waals surface area contributed by atoms with Crippen LogP contribution < -0.4 is 5.32 Å². The van der Waals surface area contributed by atoms with Crippen LogP contribution in [0.5, 0.6) is 0 Å². The van der Waals surface area contributed by atoms with E-state index in [1.807, 2.05) is 12.1 Å². The third-order valence-electron chi connectivity index (χ3n) is 5.44. The Bertz CT molecular complexity index is 496. The standard InChI is InChI=1S/C18H25NO/c1-12-5-3-4-6-15(12)11-18(20)19-13(2)17-10-14-7-8-16(17)9-14/h3-6,13-14,16-17H,7-11H2,1-2H3,(H,19,20). The van der Waals surface area contributed by atoms with Crippen molar-refractivity contribution in [3.8, 4) is 0 Å². The van der Waals surface area contributed by atoms with Crippen molar-refractivity contribution in [3.05, 3.63) is 35.4 Å². The van der Waals surface area contributed by atoms with Crippen molar-refractivity contribution in [1.82, 2.24) is 5.32 Å². The summed E-state index contributed by atoms with van der Waals surface area (Å²) in [4.78, 5) is 12.2. The maximum absolute atomic E-state index is 12.2. The fourth-order valence-electron chi connectivity index (χ4n) is 4.30. The number of carbonyl (C=O) groups is 1. The summed E-state index contributed by atoms with van der Waals surface area (Å²) in [6.45, 7) is 4.27. The van der Waals surface area contributed by atoms with E-state index in [1.54, 1.807) is 0 Å². The number of aryl methyl sites for hydroxylation is 1. The molecule has 108 valence electrons. The third kappa shape index (κ3) is 2.74. The normalized spacial score (nSPS) is 29.4. The van der Waals surface area contributed by atoms with E-state index in [4.69, 9.17) is 0 Å². The number of benzene rings is 1. The Morgan fingerprint density at radius 3 is 2.75 bits per heavy atom. The van der Waals surface area contributed by atoms with Crippen LogP contribution in [0.1, 0.15) is 43.7 Å². The molecule has 2 bridgehead atoms. The predicted molar refractivity (Wildman–Crippen MR) is 81.4 cm³/mol. The maximum atomic E-state index is 12.2. The number of hydrogen-bond donors (Lipinski definition) is 1. The highest BCUT2D eigenvalue weighted by Crippen LogP contribution is 2.49. The van der Waals surface area contributed by atoms with Crippen molar-refractivity contribution >= 4 is 5.91 Å². The van der Waals surface area contributed by atoms with Gasteiger partial charge >= 0.3 is 0 Å². The molecule has 2 aliphatic rings. The molecule has 4 atom stereocenters. The predicted octanol–water partition coefficient (Wildman–Crippen LogP) is 3.48. The van der Waals surface area contributed by atoms with Gasteiger partial charge in [-0.25, -0.2) is 0 Å². The number of fused-ring (bicyclic) bond motifs is 2. The molecule has 2 nitrogen and oxygen atoms in total. The van der Waals surface area contributed by atoms with Gasteiger partial charge in [-0.15, -0.1) is 0 Å². The van der Waals surface area contributed by atoms with Crippen molar-refractivity contribution in [1.29, 1.82) is 0 Å². The minimum absolute atomic E-state index is 0.176. The molecule has 2 aliphatic carbocycles. The second-order valence-electron chi connectivity index (χ2n) is 6.80. The average Bonchev–Trinajstić information content (AvgIpc) is 3.03. The number of amides is 1. The maximum Gasteiger partial charge on any atom is 0.224 e. The SMILES string of the molecule is Cc1ccccc1CC(=O)NC(C)C1CC2CCC1C2. The number of hydrogen-bond acceptors (Lipinski definition) is 1. The van der Waals surface area contributed by atoms with E-state index in [9.17, 15) is 4.79 Å². The van der Waals surface area contributed by atoms with Crippen molar-refractivity contribution in [2.24, 2.45) is 17.8 Å². The van der Waals surface area contributed by atoms with Gasteiger partial charge in [-0.3, -0.25) is 4.79 Å². The molecule has 0 aliphatic heterocycles. The molecule has 3 rings (SSSR count). The molecular weight excluding hydrogens is 246 g/mol. The Labute approximate surface area is 122 Å². The monoisotopic (exact) mass is 271 g/mol. The first-order chi connectivity index (χ1) is 9.63. The van der Waals surface area contributed by atoms with E-state index in [0.717, 1.165) is 23.3 Å². The summed E-state index contributed by atoms with van der Waals surface area (Å²) in [6, 6.07) is 8.49. The summed E-state index contributed by atoms with van der Waals surface area (Å²) in [5, 5.41) is 3.24. The van der Waals surface area contributed by atoms with Crippen LogP contribution in [0.25, 0.3) is 0 Å². The number of nitrogens with one attached hydrogen (secondary N) is 1. The highest BCUT2D eigenvalue weighted by atomic mass is 16.1. The summed E-state index contributed by atoms with van der Waals surface area (Å²) >= 11 is 0. The number of rotatable bonds is 4. The van der Waals surface area contributed by atoms with E-state index in [-0.39, 0.29) is 5.91 Å². The minimum Gasteiger partial charge on any atom is -0.353 e. The van der Waals surface area contributed by atoms with Gasteiger partial charge in [0.15, 0.2) is 0 Å². The van der Waals surface area contributed by atoms with Crippen molar-refractivity contribution in [3.63, 3.8) is 0 Å². The zero-order valence-electron chi connectivity index (χ0n) is 12.6. The summed E-state index contributed by atoms with van der Waals surface area (Å²) in [6.07, 6.45) is 6.05. The first-order valence-corrected chi connectivity index (χ1v) is 7.97. The lowest BCUT2D eigenvalue weighted by atomic mass is 9.84. The molecular formula is C18H25NO. The molecule has 0 spiro atoms. The van der Waals surface area contributed by atoms with Gasteiger partial charge in [-0.1, -0.05) is 30.7 Å². The Morgan fingerprint density at radius 1 is 1.30 bits per heavy atom. The second-order valence-corrected chi connectivity index (χ2v) is 6.80. The van der Waals surface area contributed by atoms with Gasteiger partial charge in [0.1, 0.15) is 0 Å². The van der Waals surface area contributed by atoms with Gasteiger partial charge in [-0.2, -0.15) is 0 Å². The van der Waals surface area contributed by atoms with Crippen LogP contribution in [0, 0.1) is 24.7 Å². The van der Waals surface area contributed by atoms with Crippen molar-refractivity contribution in [2.45, 2.75) is 52.0 Å². The van der Waals surface area contributed by atoms with Crippen molar-refractivity contribution in [2.75, 3.05) is 0 Å². The number of carbonyl (C=O) groups excluding carboxylic acids is 1. The summed E-state index contributed by atoms with van der Waals surface area (Å²) in [5.74, 6) is 2.71. The highest BCUT2D eigenvalue weighted by molar-refractivity contribution is 5.79. The molecule has 1 N–H and O–H groups in total. The van der Waals surface area contributed by atoms with E-state index >= 15 is 0 Å². The quantitative estimate of drug-likeness (QED) is 0.892. The Kier molecular flexibility index (Phi) is 3.82. The highest BCUT2D eigenvalue weighted by Gasteiger charge is 2.42. The topological polar surface area (TPSA) is 29.1 Å². The Balaban J connectivity index is 1.55. The van der Waals surface area contributed by atoms with E-state index in [2.05, 4.69) is 31.3 Å².